The molecule has 0 radical (unpaired) electrons. The Labute approximate surface area is 148 Å². The van der Waals surface area contributed by atoms with E-state index >= 15 is 0 Å². The van der Waals surface area contributed by atoms with Crippen molar-refractivity contribution in [3.63, 3.8) is 0 Å². The van der Waals surface area contributed by atoms with E-state index in [1.165, 1.54) is 0 Å². The summed E-state index contributed by atoms with van der Waals surface area (Å²) in [5.74, 6) is 0.633. The van der Waals surface area contributed by atoms with E-state index in [4.69, 9.17) is 4.74 Å². The Balaban J connectivity index is 1.74. The van der Waals surface area contributed by atoms with Gasteiger partial charge in [-0.25, -0.2) is 4.98 Å². The summed E-state index contributed by atoms with van der Waals surface area (Å²) in [6.45, 7) is 4.16. The average Bonchev–Trinajstić information content (AvgIpc) is 2.64. The molecule has 3 rings (SSSR count). The van der Waals surface area contributed by atoms with Gasteiger partial charge in [0.1, 0.15) is 5.82 Å². The number of para-hydroxylation sites is 1. The third-order valence-electron chi connectivity index (χ3n) is 4.23. The van der Waals surface area contributed by atoms with Crippen LogP contribution in [0, 0.1) is 0 Å². The molecule has 132 valence electrons. The molecule has 0 spiro atoms. The molecule has 6 heteroatoms. The zero-order valence-electron chi connectivity index (χ0n) is 14.7. The van der Waals surface area contributed by atoms with Gasteiger partial charge >= 0.3 is 0 Å². The van der Waals surface area contributed by atoms with Gasteiger partial charge in [0, 0.05) is 51.2 Å². The van der Waals surface area contributed by atoms with Crippen LogP contribution < -0.4 is 10.2 Å². The molecule has 2 aromatic rings. The molecular formula is C19H24N4O2. The molecule has 1 amide bonds. The van der Waals surface area contributed by atoms with Crippen LogP contribution >= 0.6 is 0 Å². The normalized spacial score (nSPS) is 15.0. The first-order chi connectivity index (χ1) is 12.1. The number of carbonyl (C=O) groups is 1. The van der Waals surface area contributed by atoms with Crippen molar-refractivity contribution in [2.45, 2.75) is 6.54 Å². The molecule has 1 aliphatic rings. The van der Waals surface area contributed by atoms with Crippen LogP contribution in [-0.2, 0) is 11.3 Å². The molecule has 1 aromatic heterocycles. The van der Waals surface area contributed by atoms with Crippen molar-refractivity contribution in [2.75, 3.05) is 50.6 Å². The fourth-order valence-electron chi connectivity index (χ4n) is 2.78. The predicted octanol–water partition coefficient (Wildman–Crippen LogP) is 2.23. The van der Waals surface area contributed by atoms with Crippen LogP contribution in [0.15, 0.2) is 42.6 Å². The van der Waals surface area contributed by atoms with Crippen molar-refractivity contribution in [1.82, 2.24) is 9.88 Å². The van der Waals surface area contributed by atoms with Crippen LogP contribution in [0.5, 0.6) is 0 Å². The lowest BCUT2D eigenvalue weighted by Crippen LogP contribution is -2.35. The Hall–Kier alpha value is -2.44. The number of anilines is 2. The minimum atomic E-state index is -0.125. The third-order valence-corrected chi connectivity index (χ3v) is 4.23. The molecule has 0 saturated carbocycles. The molecule has 1 fully saturated rings. The number of amides is 1. The Bertz CT molecular complexity index is 727. The maximum Gasteiger partial charge on any atom is 0.255 e. The van der Waals surface area contributed by atoms with Gasteiger partial charge in [-0.2, -0.15) is 0 Å². The number of ether oxygens (including phenoxy) is 1. The molecule has 0 bridgehead atoms. The van der Waals surface area contributed by atoms with Crippen LogP contribution in [0.25, 0.3) is 0 Å². The lowest BCUT2D eigenvalue weighted by Gasteiger charge is -2.27. The van der Waals surface area contributed by atoms with Crippen LogP contribution in [0.1, 0.15) is 15.9 Å². The van der Waals surface area contributed by atoms with Gasteiger partial charge in [0.05, 0.1) is 13.2 Å². The van der Waals surface area contributed by atoms with E-state index in [-0.39, 0.29) is 5.91 Å². The van der Waals surface area contributed by atoms with Gasteiger partial charge in [0.2, 0.25) is 0 Å². The van der Waals surface area contributed by atoms with Crippen LogP contribution in [0.2, 0.25) is 0 Å². The van der Waals surface area contributed by atoms with Gasteiger partial charge in [0.25, 0.3) is 5.91 Å². The number of morpholine rings is 1. The summed E-state index contributed by atoms with van der Waals surface area (Å²) in [5.41, 5.74) is 2.56. The van der Waals surface area contributed by atoms with Crippen molar-refractivity contribution >= 4 is 17.4 Å². The number of nitrogens with one attached hydrogen (secondary N) is 1. The maximum atomic E-state index is 12.6. The molecule has 1 saturated heterocycles. The zero-order valence-corrected chi connectivity index (χ0v) is 14.7. The van der Waals surface area contributed by atoms with E-state index < -0.39 is 0 Å². The van der Waals surface area contributed by atoms with Crippen LogP contribution in [0.4, 0.5) is 11.5 Å². The second kappa shape index (κ2) is 8.09. The molecule has 2 heterocycles. The average molecular weight is 340 g/mol. The van der Waals surface area contributed by atoms with Gasteiger partial charge < -0.3 is 15.0 Å². The van der Waals surface area contributed by atoms with Gasteiger partial charge in [-0.3, -0.25) is 9.69 Å². The standard InChI is InChI=1S/C19H24N4O2/c1-22(2)18-13-15(7-8-20-18)19(24)21-17-6-4-3-5-16(17)14-23-9-11-25-12-10-23/h3-8,13H,9-12,14H2,1-2H3,(H,21,24). The van der Waals surface area contributed by atoms with Crippen molar-refractivity contribution < 1.29 is 9.53 Å². The second-order valence-electron chi connectivity index (χ2n) is 6.30. The maximum absolute atomic E-state index is 12.6. The van der Waals surface area contributed by atoms with E-state index in [2.05, 4.69) is 21.3 Å². The van der Waals surface area contributed by atoms with Gasteiger partial charge in [-0.15, -0.1) is 0 Å². The first-order valence-corrected chi connectivity index (χ1v) is 8.46. The number of hydrogen-bond donors (Lipinski definition) is 1. The molecule has 6 nitrogen and oxygen atoms in total. The SMILES string of the molecule is CN(C)c1cc(C(=O)Nc2ccccc2CN2CCOCC2)ccn1. The van der Waals surface area contributed by atoms with Gasteiger partial charge in [0.15, 0.2) is 0 Å². The molecule has 25 heavy (non-hydrogen) atoms. The van der Waals surface area contributed by atoms with E-state index in [1.807, 2.05) is 37.2 Å². The molecule has 1 N–H and O–H groups in total. The largest absolute Gasteiger partial charge is 0.379 e. The Morgan fingerprint density at radius 1 is 1.24 bits per heavy atom. The van der Waals surface area contributed by atoms with E-state index in [9.17, 15) is 4.79 Å². The summed E-state index contributed by atoms with van der Waals surface area (Å²) < 4.78 is 5.40. The highest BCUT2D eigenvalue weighted by Crippen LogP contribution is 2.19. The topological polar surface area (TPSA) is 57.7 Å². The highest BCUT2D eigenvalue weighted by atomic mass is 16.5. The Morgan fingerprint density at radius 3 is 2.76 bits per heavy atom. The monoisotopic (exact) mass is 340 g/mol. The number of rotatable bonds is 5. The highest BCUT2D eigenvalue weighted by Gasteiger charge is 2.15. The van der Waals surface area contributed by atoms with E-state index in [1.54, 1.807) is 18.3 Å². The van der Waals surface area contributed by atoms with Crippen LogP contribution in [-0.4, -0.2) is 56.2 Å². The summed E-state index contributed by atoms with van der Waals surface area (Å²) in [7, 11) is 3.81. The van der Waals surface area contributed by atoms with E-state index in [0.29, 0.717) is 5.56 Å². The van der Waals surface area contributed by atoms with Crippen molar-refractivity contribution in [3.8, 4) is 0 Å². The van der Waals surface area contributed by atoms with Crippen LogP contribution in [0.3, 0.4) is 0 Å². The molecule has 1 aliphatic heterocycles. The minimum Gasteiger partial charge on any atom is -0.379 e. The highest BCUT2D eigenvalue weighted by molar-refractivity contribution is 6.05. The summed E-state index contributed by atoms with van der Waals surface area (Å²) in [6.07, 6.45) is 1.66. The number of nitrogens with zero attached hydrogens (tertiary/aromatic N) is 3. The summed E-state index contributed by atoms with van der Waals surface area (Å²) in [5, 5.41) is 3.04. The fraction of sp³-hybridized carbons (Fsp3) is 0.368. The molecule has 0 unspecified atom stereocenters. The van der Waals surface area contributed by atoms with Gasteiger partial charge in [-0.1, -0.05) is 18.2 Å². The summed E-state index contributed by atoms with van der Waals surface area (Å²) >= 11 is 0. The second-order valence-corrected chi connectivity index (χ2v) is 6.30. The predicted molar refractivity (Wildman–Crippen MR) is 99.1 cm³/mol. The number of carbonyl (C=O) groups excluding carboxylic acids is 1. The number of aromatic nitrogens is 1. The van der Waals surface area contributed by atoms with Crippen molar-refractivity contribution in [1.29, 1.82) is 0 Å². The summed E-state index contributed by atoms with van der Waals surface area (Å²) in [6, 6.07) is 11.5. The Kier molecular flexibility index (Phi) is 5.63. The lowest BCUT2D eigenvalue weighted by molar-refractivity contribution is 0.0342. The quantitative estimate of drug-likeness (QED) is 0.904. The molecule has 0 aliphatic carbocycles. The number of benzene rings is 1. The number of pyridine rings is 1. The molecule has 1 aromatic carbocycles. The number of hydrogen-bond acceptors (Lipinski definition) is 5. The minimum absolute atomic E-state index is 0.125. The lowest BCUT2D eigenvalue weighted by atomic mass is 10.1. The van der Waals surface area contributed by atoms with E-state index in [0.717, 1.165) is 49.9 Å². The molecular weight excluding hydrogens is 316 g/mol. The first kappa shape index (κ1) is 17.4. The zero-order chi connectivity index (χ0) is 17.6. The first-order valence-electron chi connectivity index (χ1n) is 8.46. The smallest absolute Gasteiger partial charge is 0.255 e. The van der Waals surface area contributed by atoms with Crippen molar-refractivity contribution in [3.05, 3.63) is 53.7 Å². The fourth-order valence-corrected chi connectivity index (χ4v) is 2.78. The van der Waals surface area contributed by atoms with Gasteiger partial charge in [-0.05, 0) is 23.8 Å². The Morgan fingerprint density at radius 2 is 2.00 bits per heavy atom. The van der Waals surface area contributed by atoms with Crippen molar-refractivity contribution in [2.24, 2.45) is 0 Å². The third kappa shape index (κ3) is 4.55. The summed E-state index contributed by atoms with van der Waals surface area (Å²) in [4.78, 5) is 21.1. The molecule has 0 atom stereocenters.